The summed E-state index contributed by atoms with van der Waals surface area (Å²) >= 11 is 0. The van der Waals surface area contributed by atoms with Crippen LogP contribution in [0.25, 0.3) is 0 Å². The Bertz CT molecular complexity index is 528. The maximum Gasteiger partial charge on any atom is 0.257 e. The Morgan fingerprint density at radius 2 is 1.82 bits per heavy atom. The SMILES string of the molecule is CCCNC(=O)COc1c(C(=O)CC)ccc(OC)c1OC. The van der Waals surface area contributed by atoms with Crippen molar-refractivity contribution in [1.82, 2.24) is 5.32 Å². The first kappa shape index (κ1) is 17.8. The van der Waals surface area contributed by atoms with E-state index in [1.165, 1.54) is 14.2 Å². The van der Waals surface area contributed by atoms with E-state index < -0.39 is 0 Å². The number of amides is 1. The van der Waals surface area contributed by atoms with Gasteiger partial charge in [-0.15, -0.1) is 0 Å². The van der Waals surface area contributed by atoms with Gasteiger partial charge in [-0.25, -0.2) is 0 Å². The molecule has 0 saturated heterocycles. The van der Waals surface area contributed by atoms with E-state index in [2.05, 4.69) is 5.32 Å². The number of methoxy groups -OCH3 is 2. The van der Waals surface area contributed by atoms with Crippen LogP contribution < -0.4 is 19.5 Å². The summed E-state index contributed by atoms with van der Waals surface area (Å²) in [4.78, 5) is 23.7. The summed E-state index contributed by atoms with van der Waals surface area (Å²) in [6.45, 7) is 4.12. The summed E-state index contributed by atoms with van der Waals surface area (Å²) in [5, 5.41) is 2.71. The van der Waals surface area contributed by atoms with E-state index in [9.17, 15) is 9.59 Å². The third-order valence-corrected chi connectivity index (χ3v) is 3.04. The van der Waals surface area contributed by atoms with E-state index in [1.807, 2.05) is 6.92 Å². The molecule has 0 saturated carbocycles. The van der Waals surface area contributed by atoms with Gasteiger partial charge < -0.3 is 19.5 Å². The molecule has 0 spiro atoms. The number of ether oxygens (including phenoxy) is 3. The zero-order chi connectivity index (χ0) is 16.5. The Hall–Kier alpha value is -2.24. The highest BCUT2D eigenvalue weighted by Crippen LogP contribution is 2.40. The van der Waals surface area contributed by atoms with Crippen LogP contribution in [0.4, 0.5) is 0 Å². The Balaban J connectivity index is 3.06. The van der Waals surface area contributed by atoms with Gasteiger partial charge in [0.15, 0.2) is 23.9 Å². The van der Waals surface area contributed by atoms with Crippen molar-refractivity contribution in [3.05, 3.63) is 17.7 Å². The second-order valence-electron chi connectivity index (χ2n) is 4.59. The lowest BCUT2D eigenvalue weighted by molar-refractivity contribution is -0.123. The van der Waals surface area contributed by atoms with Crippen molar-refractivity contribution < 1.29 is 23.8 Å². The van der Waals surface area contributed by atoms with E-state index in [0.717, 1.165) is 6.42 Å². The van der Waals surface area contributed by atoms with E-state index in [1.54, 1.807) is 19.1 Å². The quantitative estimate of drug-likeness (QED) is 0.708. The minimum Gasteiger partial charge on any atom is -0.493 e. The molecule has 122 valence electrons. The van der Waals surface area contributed by atoms with Gasteiger partial charge in [0.25, 0.3) is 5.91 Å². The average molecular weight is 309 g/mol. The number of hydrogen-bond acceptors (Lipinski definition) is 5. The molecule has 0 bridgehead atoms. The minimum absolute atomic E-state index is 0.0927. The Morgan fingerprint density at radius 3 is 2.36 bits per heavy atom. The summed E-state index contributed by atoms with van der Waals surface area (Å²) in [7, 11) is 2.96. The van der Waals surface area contributed by atoms with Crippen LogP contribution in [0, 0.1) is 0 Å². The largest absolute Gasteiger partial charge is 0.493 e. The molecule has 1 N–H and O–H groups in total. The van der Waals surface area contributed by atoms with Crippen LogP contribution in [-0.2, 0) is 4.79 Å². The topological polar surface area (TPSA) is 73.9 Å². The van der Waals surface area contributed by atoms with Gasteiger partial charge in [0.2, 0.25) is 5.75 Å². The monoisotopic (exact) mass is 309 g/mol. The molecule has 0 aliphatic carbocycles. The molecule has 1 aromatic carbocycles. The Morgan fingerprint density at radius 1 is 1.09 bits per heavy atom. The lowest BCUT2D eigenvalue weighted by atomic mass is 10.1. The smallest absolute Gasteiger partial charge is 0.257 e. The predicted octanol–water partition coefficient (Wildman–Crippen LogP) is 2.20. The predicted molar refractivity (Wildman–Crippen MR) is 83.0 cm³/mol. The third-order valence-electron chi connectivity index (χ3n) is 3.04. The number of carbonyl (C=O) groups excluding carboxylic acids is 2. The van der Waals surface area contributed by atoms with Gasteiger partial charge in [-0.3, -0.25) is 9.59 Å². The fraction of sp³-hybridized carbons (Fsp3) is 0.500. The highest BCUT2D eigenvalue weighted by Gasteiger charge is 2.21. The molecule has 0 aromatic heterocycles. The number of ketones is 1. The molecule has 6 nitrogen and oxygen atoms in total. The number of carbonyl (C=O) groups is 2. The molecule has 0 aliphatic heterocycles. The Kier molecular flexibility index (Phi) is 7.22. The van der Waals surface area contributed by atoms with Crippen LogP contribution in [0.5, 0.6) is 17.2 Å². The van der Waals surface area contributed by atoms with Gasteiger partial charge in [0, 0.05) is 13.0 Å². The van der Waals surface area contributed by atoms with E-state index in [-0.39, 0.29) is 24.0 Å². The van der Waals surface area contributed by atoms with Crippen LogP contribution in [-0.4, -0.2) is 39.1 Å². The zero-order valence-electron chi connectivity index (χ0n) is 13.5. The molecule has 0 aliphatic rings. The number of Topliss-reactive ketones (excluding diaryl/α,β-unsaturated/α-hetero) is 1. The highest BCUT2D eigenvalue weighted by atomic mass is 16.5. The lowest BCUT2D eigenvalue weighted by Gasteiger charge is -2.16. The first-order valence-corrected chi connectivity index (χ1v) is 7.26. The van der Waals surface area contributed by atoms with Crippen molar-refractivity contribution in [3.8, 4) is 17.2 Å². The molecule has 0 fully saturated rings. The van der Waals surface area contributed by atoms with Crippen molar-refractivity contribution >= 4 is 11.7 Å². The Labute approximate surface area is 130 Å². The molecular formula is C16H23NO5. The van der Waals surface area contributed by atoms with Gasteiger partial charge >= 0.3 is 0 Å². The summed E-state index contributed by atoms with van der Waals surface area (Å²) in [6, 6.07) is 3.26. The molecule has 0 radical (unpaired) electrons. The summed E-state index contributed by atoms with van der Waals surface area (Å²) in [5.41, 5.74) is 0.378. The number of nitrogens with one attached hydrogen (secondary N) is 1. The van der Waals surface area contributed by atoms with Gasteiger partial charge in [0.1, 0.15) is 0 Å². The van der Waals surface area contributed by atoms with Crippen LogP contribution in [0.1, 0.15) is 37.0 Å². The van der Waals surface area contributed by atoms with Crippen molar-refractivity contribution in [1.29, 1.82) is 0 Å². The van der Waals surface area contributed by atoms with Gasteiger partial charge in [-0.05, 0) is 18.6 Å². The molecule has 0 heterocycles. The van der Waals surface area contributed by atoms with Crippen LogP contribution in [0.15, 0.2) is 12.1 Å². The van der Waals surface area contributed by atoms with E-state index >= 15 is 0 Å². The molecule has 6 heteroatoms. The fourth-order valence-electron chi connectivity index (χ4n) is 1.91. The van der Waals surface area contributed by atoms with Crippen molar-refractivity contribution in [2.45, 2.75) is 26.7 Å². The van der Waals surface area contributed by atoms with Crippen molar-refractivity contribution in [2.75, 3.05) is 27.4 Å². The van der Waals surface area contributed by atoms with Gasteiger partial charge in [-0.1, -0.05) is 13.8 Å². The number of benzene rings is 1. The molecular weight excluding hydrogens is 286 g/mol. The van der Waals surface area contributed by atoms with Crippen molar-refractivity contribution in [3.63, 3.8) is 0 Å². The summed E-state index contributed by atoms with van der Waals surface area (Å²) < 4.78 is 16.0. The van der Waals surface area contributed by atoms with E-state index in [4.69, 9.17) is 14.2 Å². The second-order valence-corrected chi connectivity index (χ2v) is 4.59. The molecule has 1 aromatic rings. The standard InChI is InChI=1S/C16H23NO5/c1-5-9-17-14(19)10-22-15-11(12(18)6-2)7-8-13(20-3)16(15)21-4/h7-8H,5-6,9-10H2,1-4H3,(H,17,19). The van der Waals surface area contributed by atoms with Crippen LogP contribution in [0.3, 0.4) is 0 Å². The first-order valence-electron chi connectivity index (χ1n) is 7.26. The molecule has 0 unspecified atom stereocenters. The normalized spacial score (nSPS) is 10.0. The maximum absolute atomic E-state index is 12.0. The highest BCUT2D eigenvalue weighted by molar-refractivity contribution is 5.99. The molecule has 1 amide bonds. The maximum atomic E-state index is 12.0. The molecule has 0 atom stereocenters. The zero-order valence-corrected chi connectivity index (χ0v) is 13.5. The second kappa shape index (κ2) is 8.92. The van der Waals surface area contributed by atoms with Crippen LogP contribution >= 0.6 is 0 Å². The molecule has 1 rings (SSSR count). The number of rotatable bonds is 9. The lowest BCUT2D eigenvalue weighted by Crippen LogP contribution is -2.29. The molecule has 22 heavy (non-hydrogen) atoms. The summed E-state index contributed by atoms with van der Waals surface area (Å²) in [6.07, 6.45) is 1.17. The van der Waals surface area contributed by atoms with Gasteiger partial charge in [0.05, 0.1) is 19.8 Å². The third kappa shape index (κ3) is 4.38. The number of hydrogen-bond donors (Lipinski definition) is 1. The summed E-state index contributed by atoms with van der Waals surface area (Å²) in [5.74, 6) is 0.649. The van der Waals surface area contributed by atoms with Crippen LogP contribution in [0.2, 0.25) is 0 Å². The first-order chi connectivity index (χ1) is 10.6. The van der Waals surface area contributed by atoms with Crippen molar-refractivity contribution in [2.24, 2.45) is 0 Å². The fourth-order valence-corrected chi connectivity index (χ4v) is 1.91. The van der Waals surface area contributed by atoms with Gasteiger partial charge in [-0.2, -0.15) is 0 Å². The van der Waals surface area contributed by atoms with E-state index in [0.29, 0.717) is 30.0 Å². The average Bonchev–Trinajstić information content (AvgIpc) is 2.56. The minimum atomic E-state index is -0.248.